The molecule has 1 aromatic heterocycles. The van der Waals surface area contributed by atoms with Gasteiger partial charge in [-0.15, -0.1) is 5.10 Å². The fraction of sp³-hybridized carbons (Fsp3) is 0.143. The van der Waals surface area contributed by atoms with E-state index in [4.69, 9.17) is 34.5 Å². The molecular formula is C7H11ClN8O. The van der Waals surface area contributed by atoms with E-state index >= 15 is 0 Å². The predicted molar refractivity (Wildman–Crippen MR) is 63.5 cm³/mol. The number of guanidine groups is 1. The third-order valence-corrected chi connectivity index (χ3v) is 1.90. The van der Waals surface area contributed by atoms with E-state index in [-0.39, 0.29) is 34.9 Å². The number of hydrazone groups is 1. The zero-order valence-corrected chi connectivity index (χ0v) is 9.40. The molecule has 0 aliphatic heterocycles. The highest BCUT2D eigenvalue weighted by molar-refractivity contribution is 6.31. The molecule has 0 saturated carbocycles. The summed E-state index contributed by atoms with van der Waals surface area (Å²) in [6, 6.07) is 0. The number of nitrogen functional groups attached to an aromatic ring is 2. The molecule has 0 unspecified atom stereocenters. The highest BCUT2D eigenvalue weighted by Gasteiger charge is 2.11. The minimum atomic E-state index is -0.514. The van der Waals surface area contributed by atoms with Crippen molar-refractivity contribution in [1.29, 1.82) is 0 Å². The van der Waals surface area contributed by atoms with Gasteiger partial charge < -0.3 is 22.9 Å². The zero-order valence-electron chi connectivity index (χ0n) is 8.64. The van der Waals surface area contributed by atoms with Crippen LogP contribution in [0.1, 0.15) is 5.69 Å². The van der Waals surface area contributed by atoms with Crippen molar-refractivity contribution >= 4 is 35.1 Å². The van der Waals surface area contributed by atoms with Crippen molar-refractivity contribution in [2.24, 2.45) is 16.6 Å². The molecule has 1 aromatic rings. The fourth-order valence-electron chi connectivity index (χ4n) is 0.922. The molecule has 9 N–H and O–H groups in total. The summed E-state index contributed by atoms with van der Waals surface area (Å²) in [6.45, 7) is 0. The van der Waals surface area contributed by atoms with Crippen LogP contribution in [0, 0.1) is 0 Å². The van der Waals surface area contributed by atoms with Crippen LogP contribution in [0.15, 0.2) is 5.10 Å². The average molecular weight is 259 g/mol. The first-order valence-electron chi connectivity index (χ1n) is 4.35. The maximum absolute atomic E-state index is 11.3. The number of aromatic nitrogens is 2. The van der Waals surface area contributed by atoms with Gasteiger partial charge in [0.25, 0.3) is 0 Å². The predicted octanol–water partition coefficient (Wildman–Crippen LogP) is -1.86. The lowest BCUT2D eigenvalue weighted by Crippen LogP contribution is -2.30. The number of rotatable bonds is 3. The number of amides is 1. The molecule has 92 valence electrons. The molecule has 0 atom stereocenters. The van der Waals surface area contributed by atoms with E-state index in [0.717, 1.165) is 0 Å². The number of hydrogen-bond donors (Lipinski definition) is 5. The normalized spacial score (nSPS) is 9.71. The number of nitrogens with zero attached hydrogens (tertiary/aromatic N) is 3. The first-order chi connectivity index (χ1) is 7.90. The van der Waals surface area contributed by atoms with Gasteiger partial charge in [0, 0.05) is 0 Å². The van der Waals surface area contributed by atoms with Gasteiger partial charge >= 0.3 is 0 Å². The first kappa shape index (κ1) is 12.8. The molecule has 0 aliphatic carbocycles. The van der Waals surface area contributed by atoms with Gasteiger partial charge in [0.1, 0.15) is 5.82 Å². The number of carbonyl (C=O) groups excluding carboxylic acids is 1. The van der Waals surface area contributed by atoms with Crippen LogP contribution in [0.4, 0.5) is 11.6 Å². The van der Waals surface area contributed by atoms with Crippen LogP contribution in [0.2, 0.25) is 5.15 Å². The minimum absolute atomic E-state index is 0.00227. The Labute approximate surface area is 101 Å². The van der Waals surface area contributed by atoms with Crippen molar-refractivity contribution in [2.75, 3.05) is 11.5 Å². The molecule has 0 saturated heterocycles. The molecule has 10 heteroatoms. The number of nitrogens with one attached hydrogen (secondary N) is 1. The van der Waals surface area contributed by atoms with Crippen molar-refractivity contribution in [3.05, 3.63) is 10.8 Å². The summed E-state index contributed by atoms with van der Waals surface area (Å²) in [4.78, 5) is 18.9. The second-order valence-electron chi connectivity index (χ2n) is 2.98. The Morgan fingerprint density at radius 1 is 1.29 bits per heavy atom. The first-order valence-corrected chi connectivity index (χ1v) is 4.72. The quantitative estimate of drug-likeness (QED) is 0.240. The van der Waals surface area contributed by atoms with Crippen molar-refractivity contribution in [1.82, 2.24) is 15.4 Å². The Kier molecular flexibility index (Phi) is 3.88. The summed E-state index contributed by atoms with van der Waals surface area (Å²) in [7, 11) is 0. The van der Waals surface area contributed by atoms with Crippen LogP contribution in [0.3, 0.4) is 0 Å². The van der Waals surface area contributed by atoms with E-state index in [0.29, 0.717) is 0 Å². The molecule has 1 amide bonds. The highest BCUT2D eigenvalue weighted by Crippen LogP contribution is 2.17. The van der Waals surface area contributed by atoms with Gasteiger partial charge in [-0.1, -0.05) is 11.6 Å². The summed E-state index contributed by atoms with van der Waals surface area (Å²) < 4.78 is 0. The lowest BCUT2D eigenvalue weighted by molar-refractivity contribution is -0.120. The van der Waals surface area contributed by atoms with Gasteiger partial charge in [-0.05, 0) is 0 Å². The van der Waals surface area contributed by atoms with Crippen molar-refractivity contribution < 1.29 is 4.79 Å². The number of carbonyl (C=O) groups is 1. The summed E-state index contributed by atoms with van der Waals surface area (Å²) in [5.74, 6) is -0.766. The van der Waals surface area contributed by atoms with Crippen molar-refractivity contribution in [3.8, 4) is 0 Å². The van der Waals surface area contributed by atoms with E-state index in [1.807, 2.05) is 0 Å². The van der Waals surface area contributed by atoms with Gasteiger partial charge in [-0.3, -0.25) is 4.79 Å². The second kappa shape index (κ2) is 5.16. The third-order valence-electron chi connectivity index (χ3n) is 1.62. The minimum Gasteiger partial charge on any atom is -0.382 e. The van der Waals surface area contributed by atoms with Gasteiger partial charge in [0.15, 0.2) is 11.0 Å². The third kappa shape index (κ3) is 3.65. The molecule has 0 fully saturated rings. The van der Waals surface area contributed by atoms with Crippen LogP contribution >= 0.6 is 11.6 Å². The van der Waals surface area contributed by atoms with Crippen molar-refractivity contribution in [2.45, 2.75) is 6.42 Å². The van der Waals surface area contributed by atoms with E-state index in [1.54, 1.807) is 0 Å². The molecule has 0 bridgehead atoms. The summed E-state index contributed by atoms with van der Waals surface area (Å²) >= 11 is 5.64. The SMILES string of the molecule is NC(N)=NNC(=O)Cc1nc(Cl)c(N)nc1N. The Hall–Kier alpha value is -2.29. The maximum Gasteiger partial charge on any atom is 0.246 e. The van der Waals surface area contributed by atoms with E-state index in [2.05, 4.69) is 20.5 Å². The Morgan fingerprint density at radius 2 is 1.94 bits per heavy atom. The van der Waals surface area contributed by atoms with E-state index < -0.39 is 5.91 Å². The average Bonchev–Trinajstić information content (AvgIpc) is 2.23. The zero-order chi connectivity index (χ0) is 13.0. The monoisotopic (exact) mass is 258 g/mol. The largest absolute Gasteiger partial charge is 0.382 e. The highest BCUT2D eigenvalue weighted by atomic mass is 35.5. The lowest BCUT2D eigenvalue weighted by Gasteiger charge is -2.05. The van der Waals surface area contributed by atoms with Crippen molar-refractivity contribution in [3.63, 3.8) is 0 Å². The fourth-order valence-corrected chi connectivity index (χ4v) is 1.07. The summed E-state index contributed by atoms with van der Waals surface area (Å²) in [5.41, 5.74) is 23.2. The molecule has 0 radical (unpaired) electrons. The number of hydrogen-bond acceptors (Lipinski definition) is 6. The second-order valence-corrected chi connectivity index (χ2v) is 3.34. The molecule has 1 rings (SSSR count). The molecule has 17 heavy (non-hydrogen) atoms. The van der Waals surface area contributed by atoms with Crippen LogP contribution in [-0.2, 0) is 11.2 Å². The number of anilines is 2. The van der Waals surface area contributed by atoms with Crippen LogP contribution < -0.4 is 28.4 Å². The van der Waals surface area contributed by atoms with Gasteiger partial charge in [-0.25, -0.2) is 15.4 Å². The topological polar surface area (TPSA) is 171 Å². The molecule has 1 heterocycles. The smallest absolute Gasteiger partial charge is 0.246 e. The lowest BCUT2D eigenvalue weighted by atomic mass is 10.3. The summed E-state index contributed by atoms with van der Waals surface area (Å²) in [6.07, 6.45) is -0.171. The Morgan fingerprint density at radius 3 is 2.53 bits per heavy atom. The molecule has 0 aromatic carbocycles. The van der Waals surface area contributed by atoms with Crippen LogP contribution in [-0.4, -0.2) is 21.8 Å². The Balaban J connectivity index is 2.78. The number of halogens is 1. The Bertz CT molecular complexity index is 469. The molecular weight excluding hydrogens is 248 g/mol. The van der Waals surface area contributed by atoms with E-state index in [1.165, 1.54) is 0 Å². The summed E-state index contributed by atoms with van der Waals surface area (Å²) in [5, 5.41) is 3.29. The number of nitrogens with two attached hydrogens (primary N) is 4. The molecule has 0 spiro atoms. The maximum atomic E-state index is 11.3. The van der Waals surface area contributed by atoms with Gasteiger partial charge in [0.2, 0.25) is 11.9 Å². The van der Waals surface area contributed by atoms with Gasteiger partial charge in [0.05, 0.1) is 12.1 Å². The standard InChI is InChI=1S/C7H11ClN8O/c8-4-6(10)14-5(9)2(13-4)1-3(17)15-16-7(11)12/h1H2,(H,15,17)(H4,9,10,14)(H4,11,12,16). The van der Waals surface area contributed by atoms with Crippen LogP contribution in [0.25, 0.3) is 0 Å². The van der Waals surface area contributed by atoms with E-state index in [9.17, 15) is 4.79 Å². The van der Waals surface area contributed by atoms with Crippen LogP contribution in [0.5, 0.6) is 0 Å². The van der Waals surface area contributed by atoms with Gasteiger partial charge in [-0.2, -0.15) is 0 Å². The molecule has 0 aliphatic rings. The molecule has 9 nitrogen and oxygen atoms in total.